The Morgan fingerprint density at radius 1 is 1.44 bits per heavy atom. The van der Waals surface area contributed by atoms with Gasteiger partial charge in [-0.1, -0.05) is 24.3 Å². The number of hydrogen-bond donors (Lipinski definition) is 0. The second-order valence-corrected chi connectivity index (χ2v) is 5.93. The molecule has 0 nitrogen and oxygen atoms in total. The summed E-state index contributed by atoms with van der Waals surface area (Å²) in [7, 11) is 0. The first-order valence-electron chi connectivity index (χ1n) is 5.15. The van der Waals surface area contributed by atoms with Crippen molar-refractivity contribution in [2.75, 3.05) is 0 Å². The molecule has 0 aromatic heterocycles. The van der Waals surface area contributed by atoms with E-state index in [1.54, 1.807) is 13.0 Å². The zero-order chi connectivity index (χ0) is 12.1. The molecule has 0 saturated heterocycles. The average molecular weight is 259 g/mol. The molecular weight excluding hydrogens is 246 g/mol. The fraction of sp³-hybridized carbons (Fsp3) is 0.385. The van der Waals surface area contributed by atoms with E-state index in [-0.39, 0.29) is 17.7 Å². The summed E-state index contributed by atoms with van der Waals surface area (Å²) in [4.78, 5) is 0. The molecule has 1 fully saturated rings. The lowest BCUT2D eigenvalue weighted by Gasteiger charge is -2.03. The monoisotopic (exact) mass is 258 g/mol. The molecule has 0 radical (unpaired) electrons. The third-order valence-corrected chi connectivity index (χ3v) is 4.07. The van der Waals surface area contributed by atoms with Crippen LogP contribution in [-0.2, 0) is 0 Å². The van der Waals surface area contributed by atoms with Crippen molar-refractivity contribution in [1.29, 1.82) is 0 Å². The van der Waals surface area contributed by atoms with Crippen LogP contribution in [0.1, 0.15) is 24.0 Å². The summed E-state index contributed by atoms with van der Waals surface area (Å²) in [5.74, 6) is -0.0978. The molecule has 2 unspecified atom stereocenters. The van der Waals surface area contributed by atoms with Crippen LogP contribution < -0.4 is 0 Å². The van der Waals surface area contributed by atoms with Gasteiger partial charge in [0, 0.05) is 11.8 Å². The van der Waals surface area contributed by atoms with Gasteiger partial charge in [-0.15, -0.1) is 23.2 Å². The molecule has 1 aromatic carbocycles. The van der Waals surface area contributed by atoms with E-state index in [1.807, 2.05) is 13.0 Å². The van der Waals surface area contributed by atoms with Crippen molar-refractivity contribution < 1.29 is 4.39 Å². The number of halogens is 3. The summed E-state index contributed by atoms with van der Waals surface area (Å²) in [5, 5.41) is 0. The summed E-state index contributed by atoms with van der Waals surface area (Å²) >= 11 is 12.4. The average Bonchev–Trinajstić information content (AvgIpc) is 2.74. The number of aryl methyl sites for hydroxylation is 1. The van der Waals surface area contributed by atoms with Gasteiger partial charge >= 0.3 is 0 Å². The molecule has 1 saturated carbocycles. The van der Waals surface area contributed by atoms with E-state index in [0.29, 0.717) is 5.56 Å². The highest BCUT2D eigenvalue weighted by Crippen LogP contribution is 2.67. The number of benzene rings is 1. The molecule has 1 aliphatic carbocycles. The number of allylic oxidation sites excluding steroid dienone is 1. The zero-order valence-corrected chi connectivity index (χ0v) is 10.7. The van der Waals surface area contributed by atoms with Crippen molar-refractivity contribution >= 4 is 23.2 Å². The number of rotatable bonds is 2. The van der Waals surface area contributed by atoms with Crippen LogP contribution in [0.3, 0.4) is 0 Å². The highest BCUT2D eigenvalue weighted by atomic mass is 35.5. The molecule has 0 spiro atoms. The van der Waals surface area contributed by atoms with Crippen LogP contribution in [0.15, 0.2) is 30.4 Å². The van der Waals surface area contributed by atoms with E-state index < -0.39 is 4.33 Å². The van der Waals surface area contributed by atoms with Gasteiger partial charge in [-0.25, -0.2) is 4.39 Å². The van der Waals surface area contributed by atoms with Gasteiger partial charge in [0.2, 0.25) is 0 Å². The Kier molecular flexibility index (Phi) is 2.80. The maximum absolute atomic E-state index is 13.1. The second-order valence-electron chi connectivity index (χ2n) is 4.48. The minimum absolute atomic E-state index is 0.0348. The first kappa shape index (κ1) is 11.9. The number of hydrogen-bond acceptors (Lipinski definition) is 0. The minimum atomic E-state index is -0.782. The first-order valence-corrected chi connectivity index (χ1v) is 5.90. The maximum Gasteiger partial charge on any atom is 0.132 e. The van der Waals surface area contributed by atoms with Crippen LogP contribution in [-0.4, -0.2) is 4.33 Å². The molecule has 2 atom stereocenters. The maximum atomic E-state index is 13.1. The Morgan fingerprint density at radius 3 is 2.50 bits per heavy atom. The van der Waals surface area contributed by atoms with E-state index in [4.69, 9.17) is 23.2 Å². The molecule has 0 bridgehead atoms. The summed E-state index contributed by atoms with van der Waals surface area (Å²) in [6, 6.07) is 5.01. The molecule has 3 heteroatoms. The summed E-state index contributed by atoms with van der Waals surface area (Å²) in [6.07, 6.45) is 0. The Morgan fingerprint density at radius 2 is 2.06 bits per heavy atom. The molecular formula is C13H13Cl2F. The van der Waals surface area contributed by atoms with Gasteiger partial charge in [-0.05, 0) is 31.0 Å². The highest BCUT2D eigenvalue weighted by Gasteiger charge is 2.63. The molecule has 0 amide bonds. The van der Waals surface area contributed by atoms with Crippen molar-refractivity contribution in [2.24, 2.45) is 5.92 Å². The van der Waals surface area contributed by atoms with Crippen LogP contribution in [0.4, 0.5) is 4.39 Å². The zero-order valence-electron chi connectivity index (χ0n) is 9.23. The van der Waals surface area contributed by atoms with Gasteiger partial charge in [0.15, 0.2) is 0 Å². The number of alkyl halides is 2. The fourth-order valence-corrected chi connectivity index (χ4v) is 3.22. The van der Waals surface area contributed by atoms with Crippen LogP contribution in [0.5, 0.6) is 0 Å². The van der Waals surface area contributed by atoms with E-state index in [0.717, 1.165) is 11.1 Å². The molecule has 0 heterocycles. The van der Waals surface area contributed by atoms with Crippen molar-refractivity contribution in [3.8, 4) is 0 Å². The Balaban J connectivity index is 2.33. The molecule has 2 rings (SSSR count). The SMILES string of the molecule is C=C(C)C1C(c2ccc(F)c(C)c2)C1(Cl)Cl. The summed E-state index contributed by atoms with van der Waals surface area (Å²) in [6.45, 7) is 7.54. The van der Waals surface area contributed by atoms with Gasteiger partial charge in [-0.3, -0.25) is 0 Å². The Bertz CT molecular complexity index is 451. The van der Waals surface area contributed by atoms with E-state index in [9.17, 15) is 4.39 Å². The lowest BCUT2D eigenvalue weighted by molar-refractivity contribution is 0.617. The molecule has 16 heavy (non-hydrogen) atoms. The molecule has 0 N–H and O–H groups in total. The second kappa shape index (κ2) is 3.75. The van der Waals surface area contributed by atoms with Gasteiger partial charge in [0.1, 0.15) is 10.2 Å². The molecule has 1 aromatic rings. The Hall–Kier alpha value is -0.530. The van der Waals surface area contributed by atoms with Gasteiger partial charge in [0.05, 0.1) is 0 Å². The van der Waals surface area contributed by atoms with Crippen molar-refractivity contribution in [3.05, 3.63) is 47.3 Å². The van der Waals surface area contributed by atoms with Crippen molar-refractivity contribution in [3.63, 3.8) is 0 Å². The summed E-state index contributed by atoms with van der Waals surface area (Å²) in [5.41, 5.74) is 2.57. The van der Waals surface area contributed by atoms with E-state index in [1.165, 1.54) is 6.07 Å². The highest BCUT2D eigenvalue weighted by molar-refractivity contribution is 6.52. The quantitative estimate of drug-likeness (QED) is 0.538. The van der Waals surface area contributed by atoms with Crippen LogP contribution in [0.2, 0.25) is 0 Å². The van der Waals surface area contributed by atoms with Crippen molar-refractivity contribution in [2.45, 2.75) is 24.1 Å². The third-order valence-electron chi connectivity index (χ3n) is 3.13. The Labute approximate surface area is 105 Å². The van der Waals surface area contributed by atoms with Crippen LogP contribution in [0, 0.1) is 18.7 Å². The fourth-order valence-electron chi connectivity index (χ4n) is 2.22. The van der Waals surface area contributed by atoms with Gasteiger partial charge < -0.3 is 0 Å². The van der Waals surface area contributed by atoms with Crippen LogP contribution >= 0.6 is 23.2 Å². The lowest BCUT2D eigenvalue weighted by Crippen LogP contribution is -1.92. The summed E-state index contributed by atoms with van der Waals surface area (Å²) < 4.78 is 12.4. The topological polar surface area (TPSA) is 0 Å². The van der Waals surface area contributed by atoms with E-state index in [2.05, 4.69) is 6.58 Å². The molecule has 1 aliphatic rings. The predicted octanol–water partition coefficient (Wildman–Crippen LogP) is 4.60. The third kappa shape index (κ3) is 1.76. The van der Waals surface area contributed by atoms with Gasteiger partial charge in [-0.2, -0.15) is 0 Å². The van der Waals surface area contributed by atoms with Crippen molar-refractivity contribution in [1.82, 2.24) is 0 Å². The standard InChI is InChI=1S/C13H13Cl2F/c1-7(2)11-12(13(11,14)15)9-4-5-10(16)8(3)6-9/h4-6,11-12H,1H2,2-3H3. The predicted molar refractivity (Wildman–Crippen MR) is 66.6 cm³/mol. The molecule has 86 valence electrons. The first-order chi connectivity index (χ1) is 7.35. The van der Waals surface area contributed by atoms with Gasteiger partial charge in [0.25, 0.3) is 0 Å². The van der Waals surface area contributed by atoms with E-state index >= 15 is 0 Å². The normalized spacial score (nSPS) is 26.6. The van der Waals surface area contributed by atoms with Crippen LogP contribution in [0.25, 0.3) is 0 Å². The lowest BCUT2D eigenvalue weighted by atomic mass is 10.0. The largest absolute Gasteiger partial charge is 0.207 e. The molecule has 0 aliphatic heterocycles. The minimum Gasteiger partial charge on any atom is -0.207 e. The smallest absolute Gasteiger partial charge is 0.132 e.